The lowest BCUT2D eigenvalue weighted by molar-refractivity contribution is -0.151. The lowest BCUT2D eigenvalue weighted by Gasteiger charge is -2.20. The number of amides is 2. The Morgan fingerprint density at radius 1 is 1.07 bits per heavy atom. The SMILES string of the molecule is Cc1ccc(NC(=O)COC(=O)[C@H]2CC(=O)N(c3cccc(C)c3C)C2)cc1C. The van der Waals surface area contributed by atoms with Crippen LogP contribution in [0.3, 0.4) is 0 Å². The molecule has 2 aromatic carbocycles. The molecule has 0 radical (unpaired) electrons. The molecule has 2 amide bonds. The number of nitrogens with one attached hydrogen (secondary N) is 1. The molecule has 1 atom stereocenters. The Labute approximate surface area is 170 Å². The summed E-state index contributed by atoms with van der Waals surface area (Å²) >= 11 is 0. The van der Waals surface area contributed by atoms with Crippen molar-refractivity contribution in [3.63, 3.8) is 0 Å². The highest BCUT2D eigenvalue weighted by atomic mass is 16.5. The van der Waals surface area contributed by atoms with Gasteiger partial charge in [-0.2, -0.15) is 0 Å². The van der Waals surface area contributed by atoms with Crippen LogP contribution in [0, 0.1) is 33.6 Å². The summed E-state index contributed by atoms with van der Waals surface area (Å²) in [4.78, 5) is 38.5. The van der Waals surface area contributed by atoms with E-state index in [9.17, 15) is 14.4 Å². The Morgan fingerprint density at radius 3 is 2.55 bits per heavy atom. The van der Waals surface area contributed by atoms with Gasteiger partial charge in [-0.3, -0.25) is 14.4 Å². The van der Waals surface area contributed by atoms with Crippen LogP contribution in [0.2, 0.25) is 0 Å². The lowest BCUT2D eigenvalue weighted by atomic mass is 10.1. The highest BCUT2D eigenvalue weighted by molar-refractivity contribution is 6.00. The molecule has 1 aliphatic heterocycles. The van der Waals surface area contributed by atoms with Gasteiger partial charge in [-0.05, 0) is 68.1 Å². The van der Waals surface area contributed by atoms with Crippen LogP contribution < -0.4 is 10.2 Å². The number of ether oxygens (including phenoxy) is 1. The van der Waals surface area contributed by atoms with Crippen molar-refractivity contribution < 1.29 is 19.1 Å². The summed E-state index contributed by atoms with van der Waals surface area (Å²) in [5.74, 6) is -1.62. The van der Waals surface area contributed by atoms with Gasteiger partial charge < -0.3 is 15.0 Å². The monoisotopic (exact) mass is 394 g/mol. The summed E-state index contributed by atoms with van der Waals surface area (Å²) in [6.07, 6.45) is 0.0883. The van der Waals surface area contributed by atoms with E-state index in [4.69, 9.17) is 4.74 Å². The zero-order valence-corrected chi connectivity index (χ0v) is 17.2. The summed E-state index contributed by atoms with van der Waals surface area (Å²) in [6, 6.07) is 11.4. The second-order valence-electron chi connectivity index (χ2n) is 7.58. The summed E-state index contributed by atoms with van der Waals surface area (Å²) in [6.45, 7) is 7.79. The van der Waals surface area contributed by atoms with Crippen molar-refractivity contribution >= 4 is 29.2 Å². The van der Waals surface area contributed by atoms with Gasteiger partial charge in [0, 0.05) is 24.3 Å². The van der Waals surface area contributed by atoms with E-state index >= 15 is 0 Å². The number of carbonyl (C=O) groups is 3. The highest BCUT2D eigenvalue weighted by Gasteiger charge is 2.37. The average Bonchev–Trinajstić information content (AvgIpc) is 3.06. The molecule has 0 aliphatic carbocycles. The predicted molar refractivity (Wildman–Crippen MR) is 112 cm³/mol. The Kier molecular flexibility index (Phi) is 6.01. The Morgan fingerprint density at radius 2 is 1.83 bits per heavy atom. The first-order valence-electron chi connectivity index (χ1n) is 9.66. The smallest absolute Gasteiger partial charge is 0.311 e. The van der Waals surface area contributed by atoms with Gasteiger partial charge in [0.05, 0.1) is 5.92 Å². The largest absolute Gasteiger partial charge is 0.455 e. The third kappa shape index (κ3) is 4.65. The minimum absolute atomic E-state index is 0.0883. The van der Waals surface area contributed by atoms with E-state index in [2.05, 4.69) is 5.32 Å². The van der Waals surface area contributed by atoms with E-state index in [1.807, 2.05) is 58.0 Å². The standard InChI is InChI=1S/C23H26N2O4/c1-14-8-9-19(10-16(14)3)24-21(26)13-29-23(28)18-11-22(27)25(12-18)20-7-5-6-15(2)17(20)4/h5-10,18H,11-13H2,1-4H3,(H,24,26)/t18-/m0/s1. The third-order valence-electron chi connectivity index (χ3n) is 5.46. The van der Waals surface area contributed by atoms with Gasteiger partial charge >= 0.3 is 5.97 Å². The Balaban J connectivity index is 1.56. The number of hydrogen-bond acceptors (Lipinski definition) is 4. The van der Waals surface area contributed by atoms with Gasteiger partial charge in [-0.1, -0.05) is 18.2 Å². The van der Waals surface area contributed by atoms with Gasteiger partial charge in [-0.25, -0.2) is 0 Å². The van der Waals surface area contributed by atoms with Crippen LogP contribution in [-0.2, 0) is 19.1 Å². The van der Waals surface area contributed by atoms with Crippen molar-refractivity contribution in [2.45, 2.75) is 34.1 Å². The quantitative estimate of drug-likeness (QED) is 0.788. The zero-order valence-electron chi connectivity index (χ0n) is 17.2. The molecule has 1 fully saturated rings. The second kappa shape index (κ2) is 8.47. The van der Waals surface area contributed by atoms with Gasteiger partial charge in [0.25, 0.3) is 5.91 Å². The molecule has 0 unspecified atom stereocenters. The van der Waals surface area contributed by atoms with Crippen LogP contribution in [0.15, 0.2) is 36.4 Å². The van der Waals surface area contributed by atoms with Gasteiger partial charge in [0.15, 0.2) is 6.61 Å². The molecule has 1 heterocycles. The minimum Gasteiger partial charge on any atom is -0.455 e. The second-order valence-corrected chi connectivity index (χ2v) is 7.58. The van der Waals surface area contributed by atoms with Crippen LogP contribution in [0.5, 0.6) is 0 Å². The fourth-order valence-corrected chi connectivity index (χ4v) is 3.40. The summed E-state index contributed by atoms with van der Waals surface area (Å²) < 4.78 is 5.17. The average molecular weight is 394 g/mol. The summed E-state index contributed by atoms with van der Waals surface area (Å²) in [7, 11) is 0. The highest BCUT2D eigenvalue weighted by Crippen LogP contribution is 2.29. The molecule has 1 saturated heterocycles. The maximum absolute atomic E-state index is 12.4. The van der Waals surface area contributed by atoms with E-state index in [1.54, 1.807) is 11.0 Å². The first-order chi connectivity index (χ1) is 13.8. The maximum Gasteiger partial charge on any atom is 0.311 e. The zero-order chi connectivity index (χ0) is 21.1. The van der Waals surface area contributed by atoms with Crippen molar-refractivity contribution in [2.75, 3.05) is 23.4 Å². The number of aryl methyl sites for hydroxylation is 3. The number of rotatable bonds is 5. The molecular formula is C23H26N2O4. The molecule has 0 saturated carbocycles. The van der Waals surface area contributed by atoms with E-state index in [0.717, 1.165) is 27.9 Å². The Bertz CT molecular complexity index is 967. The number of nitrogens with zero attached hydrogens (tertiary/aromatic N) is 1. The van der Waals surface area contributed by atoms with Crippen molar-refractivity contribution in [3.8, 4) is 0 Å². The molecular weight excluding hydrogens is 368 g/mol. The van der Waals surface area contributed by atoms with E-state index in [-0.39, 0.29) is 25.5 Å². The fraction of sp³-hybridized carbons (Fsp3) is 0.348. The molecule has 0 spiro atoms. The number of anilines is 2. The molecule has 1 aliphatic rings. The molecule has 1 N–H and O–H groups in total. The van der Waals surface area contributed by atoms with Gasteiger partial charge in [-0.15, -0.1) is 0 Å². The topological polar surface area (TPSA) is 75.7 Å². The van der Waals surface area contributed by atoms with Crippen LogP contribution in [0.25, 0.3) is 0 Å². The number of carbonyl (C=O) groups excluding carboxylic acids is 3. The summed E-state index contributed by atoms with van der Waals surface area (Å²) in [5, 5.41) is 2.72. The maximum atomic E-state index is 12.4. The molecule has 0 bridgehead atoms. The van der Waals surface area contributed by atoms with E-state index < -0.39 is 17.8 Å². The molecule has 6 heteroatoms. The lowest BCUT2D eigenvalue weighted by Crippen LogP contribution is -2.28. The van der Waals surface area contributed by atoms with Crippen LogP contribution in [-0.4, -0.2) is 30.9 Å². The first kappa shape index (κ1) is 20.6. The summed E-state index contributed by atoms with van der Waals surface area (Å²) in [5.41, 5.74) is 5.78. The molecule has 152 valence electrons. The third-order valence-corrected chi connectivity index (χ3v) is 5.46. The molecule has 6 nitrogen and oxygen atoms in total. The number of esters is 1. The molecule has 3 rings (SSSR count). The number of benzene rings is 2. The van der Waals surface area contributed by atoms with Gasteiger partial charge in [0.2, 0.25) is 5.91 Å². The number of hydrogen-bond donors (Lipinski definition) is 1. The molecule has 29 heavy (non-hydrogen) atoms. The van der Waals surface area contributed by atoms with Crippen molar-refractivity contribution in [3.05, 3.63) is 58.7 Å². The normalized spacial score (nSPS) is 16.1. The minimum atomic E-state index is -0.572. The predicted octanol–water partition coefficient (Wildman–Crippen LogP) is 3.46. The van der Waals surface area contributed by atoms with Crippen molar-refractivity contribution in [2.24, 2.45) is 5.92 Å². The first-order valence-corrected chi connectivity index (χ1v) is 9.66. The fourth-order valence-electron chi connectivity index (χ4n) is 3.40. The van der Waals surface area contributed by atoms with Crippen LogP contribution in [0.4, 0.5) is 11.4 Å². The van der Waals surface area contributed by atoms with E-state index in [1.165, 1.54) is 0 Å². The molecule has 2 aromatic rings. The van der Waals surface area contributed by atoms with Crippen molar-refractivity contribution in [1.82, 2.24) is 0 Å². The van der Waals surface area contributed by atoms with Crippen LogP contribution in [0.1, 0.15) is 28.7 Å². The van der Waals surface area contributed by atoms with Crippen LogP contribution >= 0.6 is 0 Å². The van der Waals surface area contributed by atoms with Gasteiger partial charge in [0.1, 0.15) is 0 Å². The van der Waals surface area contributed by atoms with Crippen molar-refractivity contribution in [1.29, 1.82) is 0 Å². The van der Waals surface area contributed by atoms with E-state index in [0.29, 0.717) is 5.69 Å². The molecule has 0 aromatic heterocycles. The Hall–Kier alpha value is -3.15.